The molecule has 0 amide bonds. The fraction of sp³-hybridized carbons (Fsp3) is 0.571. The van der Waals surface area contributed by atoms with E-state index in [1.165, 1.54) is 0 Å². The zero-order chi connectivity index (χ0) is 12.1. The third kappa shape index (κ3) is 308. The van der Waals surface area contributed by atoms with Gasteiger partial charge >= 0.3 is 35.5 Å². The van der Waals surface area contributed by atoms with Gasteiger partial charge in [-0.05, 0) is 7.05 Å². The van der Waals surface area contributed by atoms with Gasteiger partial charge in [-0.15, -0.1) is 0 Å². The normalized spacial score (nSPS) is 6.60. The maximum absolute atomic E-state index is 9.54. The molecule has 0 bridgehead atoms. The van der Waals surface area contributed by atoms with Crippen LogP contribution < -0.4 is 5.32 Å². The van der Waals surface area contributed by atoms with Crippen LogP contribution in [-0.2, 0) is 14.4 Å². The van der Waals surface area contributed by atoms with E-state index >= 15 is 0 Å². The standard InChI is InChI=1S/C3H7NO2.2C2H4O2.Na.H/c1-4-2-3(5)6;2*1-2(3)4;;/h4H,2H2,1H3,(H,5,6);2*1H3,(H,3,4);;. The van der Waals surface area contributed by atoms with Gasteiger partial charge in [0.25, 0.3) is 11.9 Å². The van der Waals surface area contributed by atoms with Crippen LogP contribution in [0, 0.1) is 0 Å². The van der Waals surface area contributed by atoms with Crippen LogP contribution in [0.15, 0.2) is 0 Å². The molecule has 0 radical (unpaired) electrons. The second-order valence-electron chi connectivity index (χ2n) is 1.96. The van der Waals surface area contributed by atoms with Crippen molar-refractivity contribution in [1.82, 2.24) is 5.32 Å². The molecule has 0 saturated heterocycles. The molecule has 0 fully saturated rings. The topological polar surface area (TPSA) is 124 Å². The van der Waals surface area contributed by atoms with Crippen LogP contribution in [-0.4, -0.2) is 76.4 Å². The van der Waals surface area contributed by atoms with Crippen molar-refractivity contribution >= 4 is 47.5 Å². The molecule has 86 valence electrons. The van der Waals surface area contributed by atoms with E-state index in [9.17, 15) is 4.79 Å². The minimum absolute atomic E-state index is 0. The summed E-state index contributed by atoms with van der Waals surface area (Å²) in [5.74, 6) is -2.49. The van der Waals surface area contributed by atoms with Gasteiger partial charge in [-0.2, -0.15) is 0 Å². The van der Waals surface area contributed by atoms with Crippen molar-refractivity contribution in [2.75, 3.05) is 13.6 Å². The van der Waals surface area contributed by atoms with Gasteiger partial charge in [-0.3, -0.25) is 14.4 Å². The number of rotatable bonds is 2. The van der Waals surface area contributed by atoms with E-state index in [0.717, 1.165) is 13.8 Å². The molecule has 0 atom stereocenters. The molecule has 7 nitrogen and oxygen atoms in total. The Kier molecular flexibility index (Phi) is 30.3. The summed E-state index contributed by atoms with van der Waals surface area (Å²) in [6.45, 7) is 2.21. The van der Waals surface area contributed by atoms with E-state index in [4.69, 9.17) is 24.9 Å². The zero-order valence-corrected chi connectivity index (χ0v) is 8.27. The number of carboxylic acids is 3. The molecule has 0 aromatic carbocycles. The Morgan fingerprint density at radius 2 is 1.20 bits per heavy atom. The number of likely N-dealkylation sites (N-methyl/N-ethyl adjacent to an activating group) is 1. The van der Waals surface area contributed by atoms with Crippen LogP contribution in [0.25, 0.3) is 0 Å². The fourth-order valence-electron chi connectivity index (χ4n) is 0.151. The second-order valence-corrected chi connectivity index (χ2v) is 1.96. The first-order valence-electron chi connectivity index (χ1n) is 3.49. The van der Waals surface area contributed by atoms with E-state index in [2.05, 4.69) is 5.32 Å². The molecule has 0 aliphatic heterocycles. The Bertz CT molecular complexity index is 164. The van der Waals surface area contributed by atoms with Gasteiger partial charge < -0.3 is 20.6 Å². The van der Waals surface area contributed by atoms with Gasteiger partial charge in [-0.1, -0.05) is 0 Å². The Morgan fingerprint density at radius 1 is 1.00 bits per heavy atom. The van der Waals surface area contributed by atoms with Gasteiger partial charge in [-0.25, -0.2) is 0 Å². The molecule has 0 unspecified atom stereocenters. The molecule has 0 rings (SSSR count). The number of nitrogens with one attached hydrogen (secondary N) is 1. The van der Waals surface area contributed by atoms with Gasteiger partial charge in [0.05, 0.1) is 6.54 Å². The molecule has 8 heteroatoms. The third-order valence-corrected chi connectivity index (χ3v) is 0.328. The predicted molar refractivity (Wildman–Crippen MR) is 55.3 cm³/mol. The molecule has 0 aromatic heterocycles. The summed E-state index contributed by atoms with van der Waals surface area (Å²) >= 11 is 0. The van der Waals surface area contributed by atoms with Crippen molar-refractivity contribution in [2.24, 2.45) is 0 Å². The zero-order valence-electron chi connectivity index (χ0n) is 8.27. The molecule has 0 aromatic rings. The summed E-state index contributed by atoms with van der Waals surface area (Å²) in [5, 5.41) is 25.2. The monoisotopic (exact) mass is 233 g/mol. The number of aliphatic carboxylic acids is 3. The van der Waals surface area contributed by atoms with Crippen molar-refractivity contribution in [2.45, 2.75) is 13.8 Å². The van der Waals surface area contributed by atoms with E-state index < -0.39 is 17.9 Å². The summed E-state index contributed by atoms with van der Waals surface area (Å²) in [5.41, 5.74) is 0. The van der Waals surface area contributed by atoms with Gasteiger partial charge in [0, 0.05) is 13.8 Å². The van der Waals surface area contributed by atoms with Crippen LogP contribution in [0.5, 0.6) is 0 Å². The summed E-state index contributed by atoms with van der Waals surface area (Å²) in [6.07, 6.45) is 0. The first-order valence-corrected chi connectivity index (χ1v) is 3.49. The van der Waals surface area contributed by atoms with E-state index in [-0.39, 0.29) is 36.1 Å². The molecule has 15 heavy (non-hydrogen) atoms. The second kappa shape index (κ2) is 19.0. The average molecular weight is 233 g/mol. The number of hydrogen-bond acceptors (Lipinski definition) is 4. The summed E-state index contributed by atoms with van der Waals surface area (Å²) < 4.78 is 0. The number of carbonyl (C=O) groups is 3. The molecular formula is C7H16NNaO6. The maximum atomic E-state index is 9.54. The summed E-state index contributed by atoms with van der Waals surface area (Å²) in [7, 11) is 1.59. The molecule has 4 N–H and O–H groups in total. The molecule has 0 saturated carbocycles. The Labute approximate surface area is 110 Å². The SMILES string of the molecule is CC(=O)O.CC(=O)O.CNCC(=O)O.[NaH]. The molecule has 0 aliphatic carbocycles. The molecule has 0 aliphatic rings. The van der Waals surface area contributed by atoms with Gasteiger partial charge in [0.1, 0.15) is 0 Å². The van der Waals surface area contributed by atoms with Crippen molar-refractivity contribution in [3.05, 3.63) is 0 Å². The van der Waals surface area contributed by atoms with Gasteiger partial charge in [0.2, 0.25) is 0 Å². The molecule has 0 spiro atoms. The van der Waals surface area contributed by atoms with Crippen LogP contribution in [0.3, 0.4) is 0 Å². The van der Waals surface area contributed by atoms with E-state index in [1.54, 1.807) is 7.05 Å². The fourth-order valence-corrected chi connectivity index (χ4v) is 0.151. The van der Waals surface area contributed by atoms with E-state index in [0.29, 0.717) is 0 Å². The first kappa shape index (κ1) is 23.9. The van der Waals surface area contributed by atoms with Crippen molar-refractivity contribution in [3.8, 4) is 0 Å². The van der Waals surface area contributed by atoms with Crippen molar-refractivity contribution in [1.29, 1.82) is 0 Å². The molecule has 0 heterocycles. The Balaban J connectivity index is -0.0000000606. The van der Waals surface area contributed by atoms with Crippen molar-refractivity contribution in [3.63, 3.8) is 0 Å². The Hall–Kier alpha value is -0.630. The molecular weight excluding hydrogens is 217 g/mol. The van der Waals surface area contributed by atoms with Gasteiger partial charge in [0.15, 0.2) is 0 Å². The summed E-state index contributed by atoms with van der Waals surface area (Å²) in [4.78, 5) is 27.5. The Morgan fingerprint density at radius 3 is 1.20 bits per heavy atom. The minimum atomic E-state index is -0.833. The summed E-state index contributed by atoms with van der Waals surface area (Å²) in [6, 6.07) is 0. The third-order valence-electron chi connectivity index (χ3n) is 0.328. The van der Waals surface area contributed by atoms with Crippen molar-refractivity contribution < 1.29 is 29.7 Å². The first-order chi connectivity index (χ1) is 6.23. The van der Waals surface area contributed by atoms with Crippen LogP contribution in [0.4, 0.5) is 0 Å². The number of carboxylic acid groups (broad SMARTS) is 3. The van der Waals surface area contributed by atoms with Crippen LogP contribution in [0.1, 0.15) is 13.8 Å². The van der Waals surface area contributed by atoms with E-state index in [1.807, 2.05) is 0 Å². The number of hydrogen-bond donors (Lipinski definition) is 4. The predicted octanol–water partition coefficient (Wildman–Crippen LogP) is -1.18. The average Bonchev–Trinajstić information content (AvgIpc) is 1.82. The van der Waals surface area contributed by atoms with Crippen LogP contribution in [0.2, 0.25) is 0 Å². The van der Waals surface area contributed by atoms with Crippen LogP contribution >= 0.6 is 0 Å². The quantitative estimate of drug-likeness (QED) is 0.443.